The van der Waals surface area contributed by atoms with Gasteiger partial charge in [0.1, 0.15) is 0 Å². The van der Waals surface area contributed by atoms with Gasteiger partial charge in [-0.15, -0.1) is 0 Å². The van der Waals surface area contributed by atoms with Crippen LogP contribution in [0.5, 0.6) is 0 Å². The first-order chi connectivity index (χ1) is 10.3. The predicted octanol–water partition coefficient (Wildman–Crippen LogP) is 3.13. The summed E-state index contributed by atoms with van der Waals surface area (Å²) in [5.74, 6) is 0.346. The Balaban J connectivity index is 0. The average molecular weight is 324 g/mol. The summed E-state index contributed by atoms with van der Waals surface area (Å²) in [6.07, 6.45) is 21.2. The maximum atomic E-state index is 10.3. The van der Waals surface area contributed by atoms with E-state index in [2.05, 4.69) is 6.92 Å². The van der Waals surface area contributed by atoms with E-state index in [1.54, 1.807) is 0 Å². The Labute approximate surface area is 154 Å². The van der Waals surface area contributed by atoms with Crippen LogP contribution >= 0.6 is 0 Å². The Bertz CT molecular complexity index is 225. The van der Waals surface area contributed by atoms with Gasteiger partial charge in [0.2, 0.25) is 0 Å². The molecule has 4 heteroatoms. The second-order valence-electron chi connectivity index (χ2n) is 6.31. The van der Waals surface area contributed by atoms with Crippen molar-refractivity contribution in [3.05, 3.63) is 0 Å². The minimum Gasteiger partial charge on any atom is -0.772 e. The molecule has 1 unspecified atom stereocenters. The molecule has 0 fully saturated rings. The minimum absolute atomic E-state index is 0. The third-order valence-electron chi connectivity index (χ3n) is 4.16. The van der Waals surface area contributed by atoms with Gasteiger partial charge in [0.05, 0.1) is 0 Å². The minimum atomic E-state index is -1.83. The van der Waals surface area contributed by atoms with Crippen molar-refractivity contribution >= 4 is 11.1 Å². The van der Waals surface area contributed by atoms with Crippen molar-refractivity contribution in [1.82, 2.24) is 0 Å². The second kappa shape index (κ2) is 21.7. The van der Waals surface area contributed by atoms with Crippen molar-refractivity contribution < 1.29 is 27.6 Å². The van der Waals surface area contributed by atoms with Crippen molar-refractivity contribution in [1.29, 1.82) is 0 Å². The second-order valence-corrected chi connectivity index (χ2v) is 7.33. The molecule has 0 radical (unpaired) electrons. The van der Waals surface area contributed by atoms with E-state index in [0.29, 0.717) is 5.75 Å². The summed E-state index contributed by atoms with van der Waals surface area (Å²) in [6.45, 7) is 2.27. The van der Waals surface area contributed by atoms with Gasteiger partial charge in [-0.1, -0.05) is 114 Å². The van der Waals surface area contributed by atoms with Crippen LogP contribution in [0.4, 0.5) is 0 Å². The van der Waals surface area contributed by atoms with Crippen molar-refractivity contribution in [3.8, 4) is 0 Å². The summed E-state index contributed by atoms with van der Waals surface area (Å²) in [5, 5.41) is 0. The van der Waals surface area contributed by atoms with Crippen LogP contribution in [0.3, 0.4) is 0 Å². The molecule has 0 saturated heterocycles. The summed E-state index contributed by atoms with van der Waals surface area (Å²) in [4.78, 5) is 0. The standard InChI is InChI=1S/C18H38O2S.Li/c1-2-3-4-5-6-7-8-9-10-11-12-13-14-15-16-17-18-21(19)20;/h2-18H2,1H3,(H,19,20);/q;+1/p-1. The molecular formula is C18H37LiO2S. The molecule has 22 heavy (non-hydrogen) atoms. The van der Waals surface area contributed by atoms with E-state index in [9.17, 15) is 8.76 Å². The van der Waals surface area contributed by atoms with E-state index >= 15 is 0 Å². The molecule has 0 aromatic heterocycles. The van der Waals surface area contributed by atoms with Crippen LogP contribution < -0.4 is 18.9 Å². The quantitative estimate of drug-likeness (QED) is 0.234. The summed E-state index contributed by atoms with van der Waals surface area (Å²) in [5.41, 5.74) is 0. The summed E-state index contributed by atoms with van der Waals surface area (Å²) >= 11 is -1.83. The van der Waals surface area contributed by atoms with Crippen molar-refractivity contribution in [3.63, 3.8) is 0 Å². The smallest absolute Gasteiger partial charge is 0.772 e. The molecule has 0 heterocycles. The van der Waals surface area contributed by atoms with Gasteiger partial charge >= 0.3 is 18.9 Å². The van der Waals surface area contributed by atoms with Crippen LogP contribution in [-0.2, 0) is 11.1 Å². The van der Waals surface area contributed by atoms with Gasteiger partial charge in [-0.2, -0.15) is 0 Å². The molecule has 0 saturated carbocycles. The molecule has 0 aliphatic rings. The fourth-order valence-electron chi connectivity index (χ4n) is 2.77. The van der Waals surface area contributed by atoms with Gasteiger partial charge < -0.3 is 4.55 Å². The normalized spacial score (nSPS) is 12.1. The molecule has 0 aliphatic heterocycles. The molecule has 0 bridgehead atoms. The first-order valence-electron chi connectivity index (χ1n) is 9.33. The summed E-state index contributed by atoms with van der Waals surface area (Å²) in [7, 11) is 0. The van der Waals surface area contributed by atoms with E-state index in [4.69, 9.17) is 0 Å². The molecule has 128 valence electrons. The molecule has 0 aromatic carbocycles. The van der Waals surface area contributed by atoms with Crippen LogP contribution in [0.2, 0.25) is 0 Å². The zero-order chi connectivity index (χ0) is 15.6. The Morgan fingerprint density at radius 1 is 0.591 bits per heavy atom. The topological polar surface area (TPSA) is 40.1 Å². The maximum Gasteiger partial charge on any atom is 1.00 e. The van der Waals surface area contributed by atoms with Crippen LogP contribution in [0.25, 0.3) is 0 Å². The molecule has 0 spiro atoms. The van der Waals surface area contributed by atoms with E-state index in [-0.39, 0.29) is 18.9 Å². The Kier molecular flexibility index (Phi) is 24.6. The maximum absolute atomic E-state index is 10.3. The Morgan fingerprint density at radius 2 is 0.864 bits per heavy atom. The largest absolute Gasteiger partial charge is 1.00 e. The molecule has 0 N–H and O–H groups in total. The van der Waals surface area contributed by atoms with Crippen LogP contribution in [0.1, 0.15) is 110 Å². The third-order valence-corrected chi connectivity index (χ3v) is 4.79. The van der Waals surface area contributed by atoms with Gasteiger partial charge in [-0.25, -0.2) is 0 Å². The van der Waals surface area contributed by atoms with Crippen LogP contribution in [0.15, 0.2) is 0 Å². The molecule has 0 rings (SSSR count). The monoisotopic (exact) mass is 324 g/mol. The number of unbranched alkanes of at least 4 members (excludes halogenated alkanes) is 15. The van der Waals surface area contributed by atoms with Crippen LogP contribution in [0, 0.1) is 0 Å². The Hall–Kier alpha value is 0.707. The van der Waals surface area contributed by atoms with Gasteiger partial charge in [-0.3, -0.25) is 4.21 Å². The van der Waals surface area contributed by atoms with E-state index in [1.165, 1.54) is 89.9 Å². The molecule has 0 aliphatic carbocycles. The Morgan fingerprint density at radius 3 is 1.14 bits per heavy atom. The number of rotatable bonds is 17. The summed E-state index contributed by atoms with van der Waals surface area (Å²) < 4.78 is 20.7. The fourth-order valence-corrected chi connectivity index (χ4v) is 3.21. The SMILES string of the molecule is CCCCCCCCCCCCCCCCCCS(=O)[O-].[Li+]. The molecule has 0 amide bonds. The van der Waals surface area contributed by atoms with Gasteiger partial charge in [-0.05, 0) is 6.42 Å². The molecular weight excluding hydrogens is 287 g/mol. The van der Waals surface area contributed by atoms with Gasteiger partial charge in [0, 0.05) is 5.75 Å². The first-order valence-corrected chi connectivity index (χ1v) is 10.6. The van der Waals surface area contributed by atoms with Crippen molar-refractivity contribution in [2.24, 2.45) is 0 Å². The van der Waals surface area contributed by atoms with E-state index in [0.717, 1.165) is 12.8 Å². The van der Waals surface area contributed by atoms with Gasteiger partial charge in [0.25, 0.3) is 0 Å². The third kappa shape index (κ3) is 23.0. The molecule has 2 nitrogen and oxygen atoms in total. The zero-order valence-electron chi connectivity index (χ0n) is 15.2. The predicted molar refractivity (Wildman–Crippen MR) is 93.3 cm³/mol. The van der Waals surface area contributed by atoms with E-state index in [1.807, 2.05) is 0 Å². The number of hydrogen-bond acceptors (Lipinski definition) is 2. The van der Waals surface area contributed by atoms with Gasteiger partial charge in [0.15, 0.2) is 0 Å². The zero-order valence-corrected chi connectivity index (χ0v) is 16.1. The average Bonchev–Trinajstić information content (AvgIpc) is 2.46. The van der Waals surface area contributed by atoms with Crippen LogP contribution in [-0.4, -0.2) is 14.5 Å². The van der Waals surface area contributed by atoms with Crippen molar-refractivity contribution in [2.45, 2.75) is 110 Å². The molecule has 1 atom stereocenters. The fraction of sp³-hybridized carbons (Fsp3) is 1.00. The van der Waals surface area contributed by atoms with E-state index < -0.39 is 11.1 Å². The van der Waals surface area contributed by atoms with Crippen molar-refractivity contribution in [2.75, 3.05) is 5.75 Å². The molecule has 0 aromatic rings. The number of hydrogen-bond donors (Lipinski definition) is 0. The first kappa shape index (κ1) is 25.0. The summed E-state index contributed by atoms with van der Waals surface area (Å²) in [6, 6.07) is 0.